The smallest absolute Gasteiger partial charge is 0.242 e. The van der Waals surface area contributed by atoms with Crippen LogP contribution in [0.1, 0.15) is 50.9 Å². The first kappa shape index (κ1) is 14.2. The molecule has 0 bridgehead atoms. The molecule has 1 saturated carbocycles. The predicted octanol–water partition coefficient (Wildman–Crippen LogP) is 1.93. The van der Waals surface area contributed by atoms with Crippen molar-refractivity contribution < 1.29 is 0 Å². The van der Waals surface area contributed by atoms with Crippen molar-refractivity contribution in [2.45, 2.75) is 58.4 Å². The van der Waals surface area contributed by atoms with E-state index in [-0.39, 0.29) is 0 Å². The fourth-order valence-electron chi connectivity index (χ4n) is 2.77. The summed E-state index contributed by atoms with van der Waals surface area (Å²) in [5.74, 6) is 1.30. The summed E-state index contributed by atoms with van der Waals surface area (Å²) in [6.07, 6.45) is 6.56. The van der Waals surface area contributed by atoms with Gasteiger partial charge in [0.2, 0.25) is 5.95 Å². The number of hydrogen-bond donors (Lipinski definition) is 2. The quantitative estimate of drug-likeness (QED) is 0.848. The van der Waals surface area contributed by atoms with Crippen molar-refractivity contribution >= 4 is 5.95 Å². The van der Waals surface area contributed by atoms with Gasteiger partial charge in [-0.2, -0.15) is 5.10 Å². The van der Waals surface area contributed by atoms with Gasteiger partial charge in [0.05, 0.1) is 11.4 Å². The van der Waals surface area contributed by atoms with E-state index >= 15 is 0 Å². The molecule has 1 aliphatic rings. The molecule has 1 aliphatic carbocycles. The van der Waals surface area contributed by atoms with Crippen LogP contribution in [0.2, 0.25) is 0 Å². The maximum Gasteiger partial charge on any atom is 0.242 e. The van der Waals surface area contributed by atoms with Crippen LogP contribution in [0.3, 0.4) is 0 Å². The SMILES string of the molecule is CCc1nnc(NCC2CCCC(N)C2)nc1CC. The summed E-state index contributed by atoms with van der Waals surface area (Å²) < 4.78 is 0. The molecule has 2 atom stereocenters. The van der Waals surface area contributed by atoms with E-state index in [1.165, 1.54) is 19.3 Å². The second-order valence-electron chi connectivity index (χ2n) is 5.41. The van der Waals surface area contributed by atoms with E-state index in [1.807, 2.05) is 0 Å². The van der Waals surface area contributed by atoms with Crippen molar-refractivity contribution in [2.24, 2.45) is 11.7 Å². The highest BCUT2D eigenvalue weighted by Crippen LogP contribution is 2.23. The number of aryl methyl sites for hydroxylation is 2. The summed E-state index contributed by atoms with van der Waals surface area (Å²) in [5.41, 5.74) is 8.07. The minimum absolute atomic E-state index is 0.369. The van der Waals surface area contributed by atoms with Crippen LogP contribution < -0.4 is 11.1 Å². The van der Waals surface area contributed by atoms with Gasteiger partial charge in [-0.15, -0.1) is 5.10 Å². The summed E-state index contributed by atoms with van der Waals surface area (Å²) in [7, 11) is 0. The van der Waals surface area contributed by atoms with Gasteiger partial charge in [0, 0.05) is 12.6 Å². The molecule has 0 saturated heterocycles. The van der Waals surface area contributed by atoms with Gasteiger partial charge in [-0.25, -0.2) is 4.98 Å². The Morgan fingerprint density at radius 2 is 1.95 bits per heavy atom. The fourth-order valence-corrected chi connectivity index (χ4v) is 2.77. The lowest BCUT2D eigenvalue weighted by Crippen LogP contribution is -2.31. The third kappa shape index (κ3) is 3.86. The van der Waals surface area contributed by atoms with E-state index in [4.69, 9.17) is 5.73 Å². The predicted molar refractivity (Wildman–Crippen MR) is 77.0 cm³/mol. The van der Waals surface area contributed by atoms with E-state index in [9.17, 15) is 0 Å². The number of nitrogens with one attached hydrogen (secondary N) is 1. The molecule has 3 N–H and O–H groups in total. The lowest BCUT2D eigenvalue weighted by Gasteiger charge is -2.26. The molecule has 0 aliphatic heterocycles. The van der Waals surface area contributed by atoms with Crippen LogP contribution in [0.15, 0.2) is 0 Å². The number of anilines is 1. The van der Waals surface area contributed by atoms with Crippen LogP contribution in [-0.2, 0) is 12.8 Å². The summed E-state index contributed by atoms with van der Waals surface area (Å²) in [5, 5.41) is 11.7. The zero-order valence-corrected chi connectivity index (χ0v) is 12.0. The topological polar surface area (TPSA) is 76.7 Å². The van der Waals surface area contributed by atoms with Crippen molar-refractivity contribution in [3.8, 4) is 0 Å². The molecule has 1 heterocycles. The lowest BCUT2D eigenvalue weighted by atomic mass is 9.86. The second-order valence-corrected chi connectivity index (χ2v) is 5.41. The van der Waals surface area contributed by atoms with Crippen molar-refractivity contribution in [1.82, 2.24) is 15.2 Å². The van der Waals surface area contributed by atoms with E-state index < -0.39 is 0 Å². The van der Waals surface area contributed by atoms with Crippen molar-refractivity contribution in [3.63, 3.8) is 0 Å². The molecule has 2 rings (SSSR count). The van der Waals surface area contributed by atoms with Crippen LogP contribution in [0.5, 0.6) is 0 Å². The Labute approximate surface area is 115 Å². The number of hydrogen-bond acceptors (Lipinski definition) is 5. The monoisotopic (exact) mass is 263 g/mol. The van der Waals surface area contributed by atoms with Crippen molar-refractivity contribution in [2.75, 3.05) is 11.9 Å². The van der Waals surface area contributed by atoms with E-state index in [0.29, 0.717) is 17.9 Å². The van der Waals surface area contributed by atoms with Gasteiger partial charge in [0.15, 0.2) is 0 Å². The highest BCUT2D eigenvalue weighted by atomic mass is 15.2. The van der Waals surface area contributed by atoms with Gasteiger partial charge in [-0.3, -0.25) is 0 Å². The Morgan fingerprint density at radius 1 is 1.16 bits per heavy atom. The van der Waals surface area contributed by atoms with Crippen molar-refractivity contribution in [3.05, 3.63) is 11.4 Å². The molecule has 1 aromatic heterocycles. The van der Waals surface area contributed by atoms with Crippen LogP contribution in [0, 0.1) is 5.92 Å². The second kappa shape index (κ2) is 6.80. The molecule has 1 aromatic rings. The van der Waals surface area contributed by atoms with Gasteiger partial charge in [-0.05, 0) is 38.0 Å². The Balaban J connectivity index is 1.92. The molecule has 1 fully saturated rings. The average Bonchev–Trinajstić information content (AvgIpc) is 2.45. The van der Waals surface area contributed by atoms with Gasteiger partial charge < -0.3 is 11.1 Å². The number of aromatic nitrogens is 3. The Kier molecular flexibility index (Phi) is 5.07. The summed E-state index contributed by atoms with van der Waals surface area (Å²) in [6, 6.07) is 0.369. The molecule has 2 unspecified atom stereocenters. The number of nitrogens with two attached hydrogens (primary N) is 1. The molecule has 0 amide bonds. The molecule has 5 nitrogen and oxygen atoms in total. The first-order valence-corrected chi connectivity index (χ1v) is 7.44. The van der Waals surface area contributed by atoms with E-state index in [2.05, 4.69) is 34.3 Å². The zero-order chi connectivity index (χ0) is 13.7. The fraction of sp³-hybridized carbons (Fsp3) is 0.786. The minimum atomic E-state index is 0.369. The van der Waals surface area contributed by atoms with Crippen molar-refractivity contribution in [1.29, 1.82) is 0 Å². The van der Waals surface area contributed by atoms with Crippen LogP contribution in [-0.4, -0.2) is 27.8 Å². The third-order valence-electron chi connectivity index (χ3n) is 3.88. The molecular formula is C14H25N5. The maximum atomic E-state index is 6.01. The Hall–Kier alpha value is -1.23. The molecule has 0 spiro atoms. The third-order valence-corrected chi connectivity index (χ3v) is 3.88. The highest BCUT2D eigenvalue weighted by molar-refractivity contribution is 5.25. The van der Waals surface area contributed by atoms with Crippen LogP contribution >= 0.6 is 0 Å². The molecule has 19 heavy (non-hydrogen) atoms. The number of nitrogens with zero attached hydrogens (tertiary/aromatic N) is 3. The average molecular weight is 263 g/mol. The normalized spacial score (nSPS) is 23.3. The van der Waals surface area contributed by atoms with Gasteiger partial charge in [-0.1, -0.05) is 20.3 Å². The Morgan fingerprint density at radius 3 is 2.63 bits per heavy atom. The standard InChI is InChI=1S/C14H25N5/c1-3-12-13(4-2)18-19-14(17-12)16-9-10-6-5-7-11(15)8-10/h10-11H,3-9,15H2,1-2H3,(H,16,17,19). The number of rotatable bonds is 5. The first-order chi connectivity index (χ1) is 9.22. The minimum Gasteiger partial charge on any atom is -0.353 e. The van der Waals surface area contributed by atoms with E-state index in [1.54, 1.807) is 0 Å². The zero-order valence-electron chi connectivity index (χ0n) is 12.0. The lowest BCUT2D eigenvalue weighted by molar-refractivity contribution is 0.334. The maximum absolute atomic E-state index is 6.01. The summed E-state index contributed by atoms with van der Waals surface area (Å²) in [6.45, 7) is 5.10. The molecular weight excluding hydrogens is 238 g/mol. The highest BCUT2D eigenvalue weighted by Gasteiger charge is 2.19. The van der Waals surface area contributed by atoms with Crippen LogP contribution in [0.25, 0.3) is 0 Å². The Bertz CT molecular complexity index is 407. The molecule has 0 radical (unpaired) electrons. The molecule has 106 valence electrons. The first-order valence-electron chi connectivity index (χ1n) is 7.44. The summed E-state index contributed by atoms with van der Waals surface area (Å²) in [4.78, 5) is 4.55. The van der Waals surface area contributed by atoms with Crippen LogP contribution in [0.4, 0.5) is 5.95 Å². The largest absolute Gasteiger partial charge is 0.353 e. The molecule has 0 aromatic carbocycles. The van der Waals surface area contributed by atoms with Gasteiger partial charge in [0.1, 0.15) is 0 Å². The molecule has 5 heteroatoms. The van der Waals surface area contributed by atoms with Gasteiger partial charge >= 0.3 is 0 Å². The van der Waals surface area contributed by atoms with E-state index in [0.717, 1.165) is 37.2 Å². The van der Waals surface area contributed by atoms with Gasteiger partial charge in [0.25, 0.3) is 0 Å². The summed E-state index contributed by atoms with van der Waals surface area (Å²) >= 11 is 0.